The van der Waals surface area contributed by atoms with E-state index in [2.05, 4.69) is 21.9 Å². The number of anilines is 2. The van der Waals surface area contributed by atoms with Crippen LogP contribution in [0.2, 0.25) is 5.02 Å². The number of rotatable bonds is 5. The van der Waals surface area contributed by atoms with Crippen molar-refractivity contribution in [2.75, 3.05) is 16.8 Å². The summed E-state index contributed by atoms with van der Waals surface area (Å²) in [5.41, 5.74) is 0.919. The third kappa shape index (κ3) is 4.13. The molecule has 0 aliphatic carbocycles. The molecule has 2 rings (SSSR count). The maximum atomic E-state index is 12.4. The predicted octanol–water partition coefficient (Wildman–Crippen LogP) is 2.92. The van der Waals surface area contributed by atoms with Crippen LogP contribution in [0.25, 0.3) is 0 Å². The number of benzene rings is 1. The van der Waals surface area contributed by atoms with Crippen molar-refractivity contribution in [3.8, 4) is 0 Å². The van der Waals surface area contributed by atoms with Crippen molar-refractivity contribution in [1.82, 2.24) is 9.97 Å². The Balaban J connectivity index is 2.22. The SMILES string of the molecule is C=CC(=O)CN(C(=O)Nc1cccc(Cl)c1)c1cncnc1. The molecule has 1 heterocycles. The maximum Gasteiger partial charge on any atom is 0.326 e. The average molecular weight is 317 g/mol. The van der Waals surface area contributed by atoms with Crippen molar-refractivity contribution in [2.45, 2.75) is 0 Å². The highest BCUT2D eigenvalue weighted by atomic mass is 35.5. The monoisotopic (exact) mass is 316 g/mol. The molecule has 0 fully saturated rings. The van der Waals surface area contributed by atoms with Crippen LogP contribution in [0.3, 0.4) is 0 Å². The number of nitrogens with zero attached hydrogens (tertiary/aromatic N) is 3. The van der Waals surface area contributed by atoms with E-state index >= 15 is 0 Å². The number of carbonyl (C=O) groups excluding carboxylic acids is 2. The van der Waals surface area contributed by atoms with Crippen LogP contribution in [-0.2, 0) is 4.79 Å². The molecule has 0 bridgehead atoms. The lowest BCUT2D eigenvalue weighted by molar-refractivity contribution is -0.113. The van der Waals surface area contributed by atoms with Crippen LogP contribution in [0.5, 0.6) is 0 Å². The van der Waals surface area contributed by atoms with Gasteiger partial charge in [-0.15, -0.1) is 0 Å². The highest BCUT2D eigenvalue weighted by molar-refractivity contribution is 6.30. The zero-order chi connectivity index (χ0) is 15.9. The first-order valence-corrected chi connectivity index (χ1v) is 6.72. The quantitative estimate of drug-likeness (QED) is 0.861. The van der Waals surface area contributed by atoms with Crippen molar-refractivity contribution >= 4 is 34.8 Å². The largest absolute Gasteiger partial charge is 0.326 e. The summed E-state index contributed by atoms with van der Waals surface area (Å²) in [6.07, 6.45) is 5.39. The molecule has 6 nitrogen and oxygen atoms in total. The second kappa shape index (κ2) is 7.33. The summed E-state index contributed by atoms with van der Waals surface area (Å²) in [5, 5.41) is 3.17. The Morgan fingerprint density at radius 1 is 1.32 bits per heavy atom. The fourth-order valence-electron chi connectivity index (χ4n) is 1.69. The number of hydrogen-bond donors (Lipinski definition) is 1. The first-order chi connectivity index (χ1) is 10.6. The van der Waals surface area contributed by atoms with Crippen molar-refractivity contribution in [2.24, 2.45) is 0 Å². The molecule has 0 saturated carbocycles. The van der Waals surface area contributed by atoms with Gasteiger partial charge in [0, 0.05) is 10.7 Å². The lowest BCUT2D eigenvalue weighted by Crippen LogP contribution is -2.38. The molecular weight excluding hydrogens is 304 g/mol. The molecule has 0 atom stereocenters. The lowest BCUT2D eigenvalue weighted by atomic mass is 10.3. The molecule has 22 heavy (non-hydrogen) atoms. The number of amides is 2. The Labute approximate surface area is 132 Å². The Morgan fingerprint density at radius 3 is 2.68 bits per heavy atom. The van der Waals surface area contributed by atoms with Gasteiger partial charge in [-0.25, -0.2) is 14.8 Å². The molecule has 7 heteroatoms. The number of aromatic nitrogens is 2. The highest BCUT2D eigenvalue weighted by Gasteiger charge is 2.18. The van der Waals surface area contributed by atoms with E-state index in [1.165, 1.54) is 23.6 Å². The molecule has 0 aliphatic rings. The molecule has 2 aromatic rings. The number of hydrogen-bond acceptors (Lipinski definition) is 4. The Hall–Kier alpha value is -2.73. The zero-order valence-corrected chi connectivity index (χ0v) is 12.3. The summed E-state index contributed by atoms with van der Waals surface area (Å²) in [4.78, 5) is 32.9. The summed E-state index contributed by atoms with van der Waals surface area (Å²) < 4.78 is 0. The third-order valence-corrected chi connectivity index (χ3v) is 2.96. The first kappa shape index (κ1) is 15.7. The molecule has 1 N–H and O–H groups in total. The molecule has 2 amide bonds. The van der Waals surface area contributed by atoms with E-state index in [0.29, 0.717) is 16.4 Å². The van der Waals surface area contributed by atoms with Gasteiger partial charge in [-0.3, -0.25) is 9.69 Å². The molecule has 0 unspecified atom stereocenters. The van der Waals surface area contributed by atoms with Crippen LogP contribution in [-0.4, -0.2) is 28.3 Å². The molecule has 112 valence electrons. The minimum atomic E-state index is -0.493. The van der Waals surface area contributed by atoms with E-state index in [1.807, 2.05) is 0 Å². The lowest BCUT2D eigenvalue weighted by Gasteiger charge is -2.21. The van der Waals surface area contributed by atoms with Crippen LogP contribution in [0, 0.1) is 0 Å². The minimum absolute atomic E-state index is 0.163. The van der Waals surface area contributed by atoms with E-state index in [9.17, 15) is 9.59 Å². The minimum Gasteiger partial charge on any atom is -0.307 e. The maximum absolute atomic E-state index is 12.4. The van der Waals surface area contributed by atoms with Crippen molar-refractivity contribution in [1.29, 1.82) is 0 Å². The number of halogens is 1. The van der Waals surface area contributed by atoms with Gasteiger partial charge in [-0.1, -0.05) is 24.2 Å². The van der Waals surface area contributed by atoms with Gasteiger partial charge in [0.1, 0.15) is 6.33 Å². The summed E-state index contributed by atoms with van der Waals surface area (Å²) >= 11 is 5.88. The fourth-order valence-corrected chi connectivity index (χ4v) is 1.88. The fraction of sp³-hybridized carbons (Fsp3) is 0.0667. The molecule has 0 radical (unpaired) electrons. The van der Waals surface area contributed by atoms with E-state index in [0.717, 1.165) is 6.08 Å². The number of carbonyl (C=O) groups is 2. The van der Waals surface area contributed by atoms with Crippen LogP contribution >= 0.6 is 11.6 Å². The molecule has 1 aromatic carbocycles. The van der Waals surface area contributed by atoms with Gasteiger partial charge in [0.15, 0.2) is 5.78 Å². The molecular formula is C15H13ClN4O2. The van der Waals surface area contributed by atoms with Gasteiger partial charge in [-0.2, -0.15) is 0 Å². The number of nitrogens with one attached hydrogen (secondary N) is 1. The first-order valence-electron chi connectivity index (χ1n) is 6.34. The summed E-state index contributed by atoms with van der Waals surface area (Å²) in [6, 6.07) is 6.21. The Morgan fingerprint density at radius 2 is 2.05 bits per heavy atom. The van der Waals surface area contributed by atoms with Crippen molar-refractivity contribution in [3.05, 3.63) is 60.7 Å². The smallest absolute Gasteiger partial charge is 0.307 e. The van der Waals surface area contributed by atoms with Gasteiger partial charge in [-0.05, 0) is 24.3 Å². The molecule has 0 saturated heterocycles. The summed E-state index contributed by atoms with van der Waals surface area (Å²) in [5.74, 6) is -0.301. The summed E-state index contributed by atoms with van der Waals surface area (Å²) in [7, 11) is 0. The predicted molar refractivity (Wildman–Crippen MR) is 85.1 cm³/mol. The van der Waals surface area contributed by atoms with E-state index in [1.54, 1.807) is 24.3 Å². The molecule has 1 aromatic heterocycles. The van der Waals surface area contributed by atoms with Crippen LogP contribution in [0.4, 0.5) is 16.2 Å². The summed E-state index contributed by atoms with van der Waals surface area (Å²) in [6.45, 7) is 3.24. The van der Waals surface area contributed by atoms with Gasteiger partial charge >= 0.3 is 6.03 Å². The number of ketones is 1. The van der Waals surface area contributed by atoms with E-state index < -0.39 is 6.03 Å². The van der Waals surface area contributed by atoms with Crippen LogP contribution in [0.15, 0.2) is 55.6 Å². The highest BCUT2D eigenvalue weighted by Crippen LogP contribution is 2.17. The molecule has 0 spiro atoms. The van der Waals surface area contributed by atoms with Gasteiger partial charge in [0.05, 0.1) is 24.6 Å². The van der Waals surface area contributed by atoms with Gasteiger partial charge in [0.25, 0.3) is 0 Å². The molecule has 0 aliphatic heterocycles. The van der Waals surface area contributed by atoms with Crippen molar-refractivity contribution in [3.63, 3.8) is 0 Å². The topological polar surface area (TPSA) is 75.2 Å². The van der Waals surface area contributed by atoms with E-state index in [4.69, 9.17) is 11.6 Å². The standard InChI is InChI=1S/C15H13ClN4O2/c1-2-14(21)9-20(13-7-17-10-18-8-13)15(22)19-12-5-3-4-11(16)6-12/h2-8,10H,1,9H2,(H,19,22). The van der Waals surface area contributed by atoms with E-state index in [-0.39, 0.29) is 12.3 Å². The van der Waals surface area contributed by atoms with Crippen LogP contribution < -0.4 is 10.2 Å². The average Bonchev–Trinajstić information content (AvgIpc) is 2.53. The van der Waals surface area contributed by atoms with Crippen LogP contribution in [0.1, 0.15) is 0 Å². The second-order valence-corrected chi connectivity index (χ2v) is 4.73. The van der Waals surface area contributed by atoms with Crippen molar-refractivity contribution < 1.29 is 9.59 Å². The normalized spacial score (nSPS) is 9.86. The second-order valence-electron chi connectivity index (χ2n) is 4.29. The Bertz CT molecular complexity index is 691. The van der Waals surface area contributed by atoms with Gasteiger partial charge < -0.3 is 5.32 Å². The number of urea groups is 1. The zero-order valence-electron chi connectivity index (χ0n) is 11.6. The third-order valence-electron chi connectivity index (χ3n) is 2.72. The Kier molecular flexibility index (Phi) is 5.21. The van der Waals surface area contributed by atoms with Gasteiger partial charge in [0.2, 0.25) is 0 Å².